The van der Waals surface area contributed by atoms with Crippen molar-refractivity contribution < 1.29 is 97.3 Å². The Morgan fingerprint density at radius 3 is 1.08 bits per heavy atom. The lowest BCUT2D eigenvalue weighted by Gasteiger charge is -2.44. The molecule has 0 bridgehead atoms. The van der Waals surface area contributed by atoms with Crippen molar-refractivity contribution in [2.45, 2.75) is 6.54 Å². The number of rotatable bonds is 9. The highest BCUT2D eigenvalue weighted by molar-refractivity contribution is 7.20. The van der Waals surface area contributed by atoms with E-state index < -0.39 is 144 Å². The van der Waals surface area contributed by atoms with E-state index in [9.17, 15) is 62.8 Å². The highest BCUT2D eigenvalue weighted by atomic mass is 19.2. The van der Waals surface area contributed by atoms with E-state index in [2.05, 4.69) is 4.98 Å². The van der Waals surface area contributed by atoms with Crippen LogP contribution in [-0.2, 0) is 6.54 Å². The highest BCUT2D eigenvalue weighted by Crippen LogP contribution is 2.30. The van der Waals surface area contributed by atoms with E-state index in [1.807, 2.05) is 41.1 Å². The number of benzene rings is 5. The molecule has 0 N–H and O–H groups in total. The molecule has 6 rings (SSSR count). The minimum Gasteiger partial charge on any atom is -0.264 e. The Morgan fingerprint density at radius 1 is 0.484 bits per heavy atom. The van der Waals surface area contributed by atoms with E-state index >= 15 is 35.1 Å². The first-order valence-electron chi connectivity index (χ1n) is 16.8. The summed E-state index contributed by atoms with van der Waals surface area (Å²) in [5, 5.41) is 10.3. The van der Waals surface area contributed by atoms with E-state index in [1.165, 1.54) is 11.6 Å². The molecule has 1 aromatic heterocycles. The molecule has 0 unspecified atom stereocenters. The minimum absolute atomic E-state index is 0.180. The lowest BCUT2D eigenvalue weighted by molar-refractivity contribution is -0.690. The van der Waals surface area contributed by atoms with Crippen molar-refractivity contribution in [2.75, 3.05) is 6.54 Å². The molecule has 0 aliphatic heterocycles. The number of nitrogens with zero attached hydrogens (tertiary/aromatic N) is 3. The summed E-state index contributed by atoms with van der Waals surface area (Å²) in [6, 6.07) is 10.0. The first-order valence-corrected chi connectivity index (χ1v) is 16.8. The van der Waals surface area contributed by atoms with Gasteiger partial charge in [-0.2, -0.15) is 4.57 Å². The third-order valence-electron chi connectivity index (χ3n) is 9.32. The van der Waals surface area contributed by atoms with Crippen molar-refractivity contribution in [3.63, 3.8) is 0 Å². The molecule has 5 aromatic carbocycles. The van der Waals surface area contributed by atoms with Gasteiger partial charge < -0.3 is 0 Å². The number of halogens is 20. The zero-order valence-corrected chi connectivity index (χ0v) is 30.5. The summed E-state index contributed by atoms with van der Waals surface area (Å²) in [6.07, 6.45) is 1.29. The van der Waals surface area contributed by atoms with Crippen molar-refractivity contribution in [3.8, 4) is 0 Å². The van der Waals surface area contributed by atoms with Crippen LogP contribution in [0.25, 0.3) is 6.08 Å². The highest BCUT2D eigenvalue weighted by Gasteiger charge is 2.52. The van der Waals surface area contributed by atoms with Gasteiger partial charge in [-0.15, -0.1) is 21.9 Å². The first kappa shape index (κ1) is 48.0. The summed E-state index contributed by atoms with van der Waals surface area (Å²) >= 11 is 0. The van der Waals surface area contributed by atoms with Gasteiger partial charge >= 0.3 is 0 Å². The number of nitro groups is 1. The van der Waals surface area contributed by atoms with Gasteiger partial charge in [-0.3, -0.25) is 15.1 Å². The molecule has 0 fully saturated rings. The minimum atomic E-state index is -7.22. The molecule has 1 heterocycles. The van der Waals surface area contributed by atoms with Crippen LogP contribution in [0, 0.1) is 126 Å². The van der Waals surface area contributed by atoms with E-state index in [0.29, 0.717) is 6.54 Å². The van der Waals surface area contributed by atoms with Crippen molar-refractivity contribution in [3.05, 3.63) is 193 Å². The second-order valence-electron chi connectivity index (χ2n) is 12.8. The average Bonchev–Trinajstić information content (AvgIpc) is 3.27. The molecule has 0 spiro atoms. The molecule has 6 aromatic rings. The Kier molecular flexibility index (Phi) is 13.8. The molecule has 0 radical (unpaired) electrons. The smallest absolute Gasteiger partial charge is 0.223 e. The fraction of sp³-hybridized carbons (Fsp3) is 0.0526. The van der Waals surface area contributed by atoms with Gasteiger partial charge in [-0.25, -0.2) is 87.8 Å². The quantitative estimate of drug-likeness (QED) is 0.0287. The molecule has 26 heteroatoms. The summed E-state index contributed by atoms with van der Waals surface area (Å²) in [5.41, 5.74) is -12.3. The maximum absolute atomic E-state index is 15.4. The SMILES string of the molecule is Fc1c(F)c(F)c([B-](c2c(F)c(F)c(F)c(F)c2F)(c2c(F)c(F)c(F)c(F)c2F)c2c(F)c(F)c(F)c(F)c2F)c(F)c1F.O=[N+]([O-])CC=Cc1cncc[n+]1Cc1ccccc1. The second-order valence-corrected chi connectivity index (χ2v) is 12.8. The molecule has 5 nitrogen and oxygen atoms in total. The second kappa shape index (κ2) is 18.4. The third-order valence-corrected chi connectivity index (χ3v) is 9.32. The van der Waals surface area contributed by atoms with E-state index in [4.69, 9.17) is 0 Å². The van der Waals surface area contributed by atoms with Crippen molar-refractivity contribution >= 4 is 34.1 Å². The average molecular weight is 935 g/mol. The van der Waals surface area contributed by atoms with Crippen LogP contribution in [0.5, 0.6) is 0 Å². The van der Waals surface area contributed by atoms with Crippen LogP contribution in [-0.4, -0.2) is 22.6 Å². The van der Waals surface area contributed by atoms with Gasteiger partial charge in [0.15, 0.2) is 82.5 Å². The van der Waals surface area contributed by atoms with E-state index in [1.54, 1.807) is 18.5 Å². The topological polar surface area (TPSA) is 59.9 Å². The summed E-state index contributed by atoms with van der Waals surface area (Å²) in [7, 11) is 0. The molecule has 0 saturated carbocycles. The first-order chi connectivity index (χ1) is 30.0. The van der Waals surface area contributed by atoms with Crippen LogP contribution in [0.4, 0.5) is 87.8 Å². The lowest BCUT2D eigenvalue weighted by atomic mass is 9.12. The van der Waals surface area contributed by atoms with Crippen LogP contribution in [0.1, 0.15) is 11.3 Å². The van der Waals surface area contributed by atoms with E-state index in [0.717, 1.165) is 5.69 Å². The molecule has 0 saturated heterocycles. The van der Waals surface area contributed by atoms with Crippen LogP contribution in [0.3, 0.4) is 0 Å². The zero-order valence-electron chi connectivity index (χ0n) is 30.5. The molecule has 64 heavy (non-hydrogen) atoms. The molecule has 336 valence electrons. The third kappa shape index (κ3) is 7.95. The molecule has 0 atom stereocenters. The lowest BCUT2D eigenvalue weighted by Crippen LogP contribution is -2.81. The Hall–Kier alpha value is -7.02. The van der Waals surface area contributed by atoms with Crippen LogP contribution >= 0.6 is 0 Å². The molecular formula is C38H14BF20N3O2. The maximum Gasteiger partial charge on any atom is 0.223 e. The number of hydrogen-bond donors (Lipinski definition) is 0. The van der Waals surface area contributed by atoms with Gasteiger partial charge in [0.2, 0.25) is 12.2 Å². The number of hydrogen-bond acceptors (Lipinski definition) is 3. The Morgan fingerprint density at radius 2 is 0.781 bits per heavy atom. The summed E-state index contributed by atoms with van der Waals surface area (Å²) in [4.78, 5) is 14.0. The Bertz CT molecular complexity index is 2500. The Balaban J connectivity index is 0.000000337. The predicted octanol–water partition coefficient (Wildman–Crippen LogP) is 7.55. The fourth-order valence-electron chi connectivity index (χ4n) is 6.60. The molecular weight excluding hydrogens is 921 g/mol. The van der Waals surface area contributed by atoms with Crippen LogP contribution < -0.4 is 26.4 Å². The van der Waals surface area contributed by atoms with Gasteiger partial charge in [0.25, 0.3) is 0 Å². The van der Waals surface area contributed by atoms with Gasteiger partial charge in [0, 0.05) is 16.6 Å². The van der Waals surface area contributed by atoms with Gasteiger partial charge in [-0.05, 0) is 6.08 Å². The van der Waals surface area contributed by atoms with Gasteiger partial charge in [0.1, 0.15) is 52.7 Å². The van der Waals surface area contributed by atoms with Crippen molar-refractivity contribution in [2.24, 2.45) is 0 Å². The van der Waals surface area contributed by atoms with Crippen molar-refractivity contribution in [1.29, 1.82) is 0 Å². The standard InChI is InChI=1S/C24BF20.C14H14N3O2/c26-5-1(6(27)14(35)21(42)13(5)34)25(2-7(28)15(36)22(43)16(37)8(2)29,3-9(30)17(38)23(44)18(39)10(3)31)4-11(32)19(40)24(45)20(41)12(4)33;18-17(19)9-4-7-14-11-15-8-10-16(14)12-13-5-2-1-3-6-13/h;1-8,10-11H,9,12H2/q-1;+1. The predicted molar refractivity (Wildman–Crippen MR) is 180 cm³/mol. The summed E-state index contributed by atoms with van der Waals surface area (Å²) < 4.78 is 296. The van der Waals surface area contributed by atoms with Crippen LogP contribution in [0.2, 0.25) is 0 Å². The number of aromatic nitrogens is 2. The molecule has 0 aliphatic carbocycles. The maximum atomic E-state index is 15.4. The van der Waals surface area contributed by atoms with Crippen molar-refractivity contribution in [1.82, 2.24) is 4.98 Å². The summed E-state index contributed by atoms with van der Waals surface area (Å²) in [6.45, 7) is 0.529. The normalized spacial score (nSPS) is 11.6. The molecule has 0 aliphatic rings. The summed E-state index contributed by atoms with van der Waals surface area (Å²) in [5.74, 6) is -71.4. The fourth-order valence-corrected chi connectivity index (χ4v) is 6.60. The zero-order chi connectivity index (χ0) is 47.9. The van der Waals surface area contributed by atoms with Gasteiger partial charge in [0.05, 0.1) is 12.4 Å². The van der Waals surface area contributed by atoms with Crippen LogP contribution in [0.15, 0.2) is 55.0 Å². The molecule has 0 amide bonds. The Labute approximate surface area is 342 Å². The van der Waals surface area contributed by atoms with E-state index in [-0.39, 0.29) is 11.5 Å². The van der Waals surface area contributed by atoms with Gasteiger partial charge in [-0.1, -0.05) is 30.3 Å². The largest absolute Gasteiger partial charge is 0.264 e. The monoisotopic (exact) mass is 935 g/mol.